The van der Waals surface area contributed by atoms with Gasteiger partial charge in [0.05, 0.1) is 11.3 Å². The van der Waals surface area contributed by atoms with Crippen LogP contribution >= 0.6 is 0 Å². The van der Waals surface area contributed by atoms with E-state index in [1.165, 1.54) is 6.92 Å². The monoisotopic (exact) mass is 271 g/mol. The van der Waals surface area contributed by atoms with Crippen molar-refractivity contribution in [2.75, 3.05) is 0 Å². The fourth-order valence-electron chi connectivity index (χ4n) is 1.72. The Labute approximate surface area is 115 Å². The number of hydrogen-bond acceptors (Lipinski definition) is 4. The van der Waals surface area contributed by atoms with Gasteiger partial charge in [-0.2, -0.15) is 0 Å². The van der Waals surface area contributed by atoms with E-state index in [0.29, 0.717) is 5.69 Å². The first-order valence-corrected chi connectivity index (χ1v) is 5.98. The molecule has 1 aromatic heterocycles. The lowest BCUT2D eigenvalue weighted by Crippen LogP contribution is -2.00. The van der Waals surface area contributed by atoms with Crippen LogP contribution < -0.4 is 0 Å². The average molecular weight is 271 g/mol. The average Bonchev–Trinajstić information content (AvgIpc) is 2.45. The maximum atomic E-state index is 10.8. The second-order valence-electron chi connectivity index (χ2n) is 4.20. The molecule has 0 saturated heterocycles. The minimum Gasteiger partial charge on any atom is -0.478 e. The molecular formula is C15H13NO4. The van der Waals surface area contributed by atoms with Crippen molar-refractivity contribution in [2.45, 2.75) is 13.5 Å². The van der Waals surface area contributed by atoms with Crippen LogP contribution in [0, 0.1) is 0 Å². The van der Waals surface area contributed by atoms with Crippen LogP contribution in [0.3, 0.4) is 0 Å². The van der Waals surface area contributed by atoms with Gasteiger partial charge in [0.25, 0.3) is 0 Å². The predicted octanol–water partition coefficient (Wildman–Crippen LogP) is 2.51. The number of pyridine rings is 1. The molecular weight excluding hydrogens is 258 g/mol. The third kappa shape index (κ3) is 3.41. The van der Waals surface area contributed by atoms with Crippen LogP contribution in [-0.4, -0.2) is 22.0 Å². The molecule has 0 unspecified atom stereocenters. The Balaban J connectivity index is 2.21. The van der Waals surface area contributed by atoms with Crippen LogP contribution in [-0.2, 0) is 16.1 Å². The number of hydrogen-bond donors (Lipinski definition) is 1. The van der Waals surface area contributed by atoms with E-state index in [0.717, 1.165) is 11.1 Å². The molecule has 20 heavy (non-hydrogen) atoms. The topological polar surface area (TPSA) is 76.5 Å². The summed E-state index contributed by atoms with van der Waals surface area (Å²) in [6.45, 7) is 1.46. The number of carboxylic acid groups (broad SMARTS) is 1. The lowest BCUT2D eigenvalue weighted by atomic mass is 10.0. The normalized spacial score (nSPS) is 10.1. The lowest BCUT2D eigenvalue weighted by molar-refractivity contribution is -0.142. The van der Waals surface area contributed by atoms with Crippen molar-refractivity contribution in [3.8, 4) is 11.1 Å². The molecule has 0 aliphatic rings. The van der Waals surface area contributed by atoms with E-state index in [4.69, 9.17) is 9.84 Å². The second-order valence-corrected chi connectivity index (χ2v) is 4.20. The third-order valence-electron chi connectivity index (χ3n) is 2.71. The maximum Gasteiger partial charge on any atom is 0.335 e. The first kappa shape index (κ1) is 13.7. The number of carbonyl (C=O) groups excluding carboxylic acids is 1. The summed E-state index contributed by atoms with van der Waals surface area (Å²) in [6, 6.07) is 10.2. The Bertz CT molecular complexity index is 635. The number of aromatic nitrogens is 1. The molecule has 0 fully saturated rings. The molecule has 0 spiro atoms. The first-order chi connectivity index (χ1) is 9.56. The number of benzene rings is 1. The van der Waals surface area contributed by atoms with E-state index >= 15 is 0 Å². The van der Waals surface area contributed by atoms with Crippen LogP contribution in [0.1, 0.15) is 23.0 Å². The lowest BCUT2D eigenvalue weighted by Gasteiger charge is -2.05. The zero-order valence-electron chi connectivity index (χ0n) is 10.9. The molecule has 2 aromatic rings. The maximum absolute atomic E-state index is 10.8. The predicted molar refractivity (Wildman–Crippen MR) is 72.1 cm³/mol. The van der Waals surface area contributed by atoms with Gasteiger partial charge in [-0.25, -0.2) is 4.79 Å². The summed E-state index contributed by atoms with van der Waals surface area (Å²) in [5, 5.41) is 8.85. The fourth-order valence-corrected chi connectivity index (χ4v) is 1.72. The highest BCUT2D eigenvalue weighted by Crippen LogP contribution is 2.20. The molecule has 0 bridgehead atoms. The van der Waals surface area contributed by atoms with E-state index in [1.807, 2.05) is 6.07 Å². The summed E-state index contributed by atoms with van der Waals surface area (Å²) in [5.41, 5.74) is 2.64. The van der Waals surface area contributed by atoms with Gasteiger partial charge in [0.2, 0.25) is 0 Å². The van der Waals surface area contributed by atoms with Gasteiger partial charge in [0.15, 0.2) is 0 Å². The van der Waals surface area contributed by atoms with E-state index in [1.54, 1.807) is 36.5 Å². The Morgan fingerprint density at radius 2 is 1.85 bits per heavy atom. The largest absolute Gasteiger partial charge is 0.478 e. The fraction of sp³-hybridized carbons (Fsp3) is 0.133. The Morgan fingerprint density at radius 1 is 1.15 bits per heavy atom. The van der Waals surface area contributed by atoms with Crippen molar-refractivity contribution < 1.29 is 19.4 Å². The van der Waals surface area contributed by atoms with Crippen molar-refractivity contribution in [2.24, 2.45) is 0 Å². The summed E-state index contributed by atoms with van der Waals surface area (Å²) < 4.78 is 4.89. The van der Waals surface area contributed by atoms with Gasteiger partial charge >= 0.3 is 11.9 Å². The van der Waals surface area contributed by atoms with Gasteiger partial charge in [-0.3, -0.25) is 9.78 Å². The van der Waals surface area contributed by atoms with Crippen molar-refractivity contribution in [3.05, 3.63) is 53.9 Å². The number of ether oxygens (including phenoxy) is 1. The highest BCUT2D eigenvalue weighted by atomic mass is 16.5. The molecule has 2 rings (SSSR count). The van der Waals surface area contributed by atoms with Crippen molar-refractivity contribution in [1.82, 2.24) is 4.98 Å². The molecule has 0 amide bonds. The molecule has 1 aromatic carbocycles. The number of nitrogens with zero attached hydrogens (tertiary/aromatic N) is 1. The number of carbonyl (C=O) groups is 2. The van der Waals surface area contributed by atoms with Crippen LogP contribution in [0.5, 0.6) is 0 Å². The molecule has 0 aliphatic carbocycles. The summed E-state index contributed by atoms with van der Waals surface area (Å²) in [5.74, 6) is -1.31. The molecule has 5 nitrogen and oxygen atoms in total. The third-order valence-corrected chi connectivity index (χ3v) is 2.71. The second kappa shape index (κ2) is 5.97. The van der Waals surface area contributed by atoms with Gasteiger partial charge in [-0.05, 0) is 35.4 Å². The van der Waals surface area contributed by atoms with Gasteiger partial charge < -0.3 is 9.84 Å². The van der Waals surface area contributed by atoms with Crippen molar-refractivity contribution in [1.29, 1.82) is 0 Å². The first-order valence-electron chi connectivity index (χ1n) is 5.98. The number of rotatable bonds is 4. The molecule has 1 N–H and O–H groups in total. The molecule has 5 heteroatoms. The molecule has 102 valence electrons. The standard InChI is InChI=1S/C15H13NO4/c1-10(17)20-9-14-8-13(6-7-16-14)11-2-4-12(5-3-11)15(18)19/h2-8H,9H2,1H3,(H,18,19). The number of esters is 1. The Kier molecular flexibility index (Phi) is 4.10. The van der Waals surface area contributed by atoms with Gasteiger partial charge in [-0.1, -0.05) is 12.1 Å². The summed E-state index contributed by atoms with van der Waals surface area (Å²) in [6.07, 6.45) is 1.62. The summed E-state index contributed by atoms with van der Waals surface area (Å²) in [7, 11) is 0. The van der Waals surface area contributed by atoms with Gasteiger partial charge in [0, 0.05) is 13.1 Å². The Hall–Kier alpha value is -2.69. The minimum atomic E-state index is -0.957. The zero-order chi connectivity index (χ0) is 14.5. The number of carboxylic acids is 1. The summed E-state index contributed by atoms with van der Waals surface area (Å²) in [4.78, 5) is 25.7. The van der Waals surface area contributed by atoms with Crippen LogP contribution in [0.15, 0.2) is 42.6 Å². The quantitative estimate of drug-likeness (QED) is 0.864. The molecule has 0 aliphatic heterocycles. The molecule has 0 saturated carbocycles. The van der Waals surface area contributed by atoms with Crippen molar-refractivity contribution in [3.63, 3.8) is 0 Å². The highest BCUT2D eigenvalue weighted by Gasteiger charge is 2.05. The van der Waals surface area contributed by atoms with Gasteiger partial charge in [-0.15, -0.1) is 0 Å². The van der Waals surface area contributed by atoms with Crippen molar-refractivity contribution >= 4 is 11.9 Å². The SMILES string of the molecule is CC(=O)OCc1cc(-c2ccc(C(=O)O)cc2)ccn1. The smallest absolute Gasteiger partial charge is 0.335 e. The minimum absolute atomic E-state index is 0.121. The Morgan fingerprint density at radius 3 is 2.45 bits per heavy atom. The van der Waals surface area contributed by atoms with E-state index < -0.39 is 5.97 Å². The van der Waals surface area contributed by atoms with Gasteiger partial charge in [0.1, 0.15) is 6.61 Å². The van der Waals surface area contributed by atoms with E-state index in [2.05, 4.69) is 4.98 Å². The van der Waals surface area contributed by atoms with E-state index in [9.17, 15) is 9.59 Å². The van der Waals surface area contributed by atoms with Crippen LogP contribution in [0.25, 0.3) is 11.1 Å². The number of aromatic carboxylic acids is 1. The van der Waals surface area contributed by atoms with Crippen LogP contribution in [0.2, 0.25) is 0 Å². The highest BCUT2D eigenvalue weighted by molar-refractivity contribution is 5.88. The molecule has 0 radical (unpaired) electrons. The molecule has 1 heterocycles. The van der Waals surface area contributed by atoms with E-state index in [-0.39, 0.29) is 18.1 Å². The summed E-state index contributed by atoms with van der Waals surface area (Å²) >= 11 is 0. The zero-order valence-corrected chi connectivity index (χ0v) is 10.9. The molecule has 0 atom stereocenters. The van der Waals surface area contributed by atoms with Crippen LogP contribution in [0.4, 0.5) is 0 Å².